The normalized spacial score (nSPS) is 17.6. The Bertz CT molecular complexity index is 2540. The Hall–Kier alpha value is -6.01. The molecule has 2 N–H and O–H groups in total. The van der Waals surface area contributed by atoms with Crippen molar-refractivity contribution in [2.24, 2.45) is 13.0 Å². The van der Waals surface area contributed by atoms with E-state index < -0.39 is 28.6 Å². The summed E-state index contributed by atoms with van der Waals surface area (Å²) in [5, 5.41) is 23.6. The standard InChI is InChI=1S/C35H31FN8O6/c1-16-26(50-35(48)49-16)15-43-13-21(18-7-19-31(45)22(34(46)47)12-42(4)32(19)39-10-18)30(44-6-5-17-11-41(3)14-25(17)44)28-27-20(9-37)23(36)8-24(38-2)29(27)40-33(28)43/h7-8,10,12-13,17,25,38H,5-6,11,14-15H2,1-4H3,(H,46,47)/t17-,25+/m0/s1. The molecule has 0 aliphatic carbocycles. The minimum absolute atomic E-state index is 0.00927. The number of benzene rings is 1. The van der Waals surface area contributed by atoms with Crippen LogP contribution >= 0.6 is 0 Å². The summed E-state index contributed by atoms with van der Waals surface area (Å²) in [6.45, 7) is 3.93. The van der Waals surface area contributed by atoms with Gasteiger partial charge in [-0.25, -0.2) is 23.9 Å². The molecule has 4 aliphatic rings. The fraction of sp³-hybridized carbons (Fsp3) is 0.314. The molecule has 254 valence electrons. The average Bonchev–Trinajstić information content (AvgIpc) is 3.84. The van der Waals surface area contributed by atoms with Gasteiger partial charge in [0.1, 0.15) is 34.7 Å². The average molecular weight is 679 g/mol. The lowest BCUT2D eigenvalue weighted by Crippen LogP contribution is -2.35. The summed E-state index contributed by atoms with van der Waals surface area (Å²) in [4.78, 5) is 51.8. The minimum atomic E-state index is -1.36. The van der Waals surface area contributed by atoms with Gasteiger partial charge in [-0.1, -0.05) is 0 Å². The van der Waals surface area contributed by atoms with E-state index in [9.17, 15) is 24.8 Å². The molecule has 14 nitrogen and oxygen atoms in total. The lowest BCUT2D eigenvalue weighted by atomic mass is 9.95. The Balaban J connectivity index is 1.53. The molecular formula is C35H31FN8O6. The second-order valence-corrected chi connectivity index (χ2v) is 13.0. The zero-order valence-electron chi connectivity index (χ0n) is 27.6. The van der Waals surface area contributed by atoms with Gasteiger partial charge in [-0.15, -0.1) is 0 Å². The number of nitrogens with one attached hydrogen (secondary N) is 1. The molecule has 8 rings (SSSR count). The second kappa shape index (κ2) is 11.3. The van der Waals surface area contributed by atoms with Gasteiger partial charge in [-0.3, -0.25) is 4.79 Å². The number of aromatic nitrogens is 4. The van der Waals surface area contributed by atoms with E-state index in [2.05, 4.69) is 33.2 Å². The monoisotopic (exact) mass is 678 g/mol. The molecule has 15 heteroatoms. The number of likely N-dealkylation sites (N-methyl/N-ethyl adjacent to an activating group) is 1. The summed E-state index contributed by atoms with van der Waals surface area (Å²) < 4.78 is 29.6. The van der Waals surface area contributed by atoms with Crippen LogP contribution in [0.5, 0.6) is 0 Å². The van der Waals surface area contributed by atoms with Gasteiger partial charge in [0.25, 0.3) is 0 Å². The number of carboxylic acids is 1. The fourth-order valence-electron chi connectivity index (χ4n) is 7.84. The summed E-state index contributed by atoms with van der Waals surface area (Å²) in [5.74, 6) is -1.66. The lowest BCUT2D eigenvalue weighted by Gasteiger charge is -2.32. The number of pyridine rings is 3. The largest absolute Gasteiger partial charge is 0.519 e. The Morgan fingerprint density at radius 1 is 1.20 bits per heavy atom. The van der Waals surface area contributed by atoms with Gasteiger partial charge in [0.05, 0.1) is 39.9 Å². The number of anilines is 2. The Morgan fingerprint density at radius 2 is 2.00 bits per heavy atom. The quantitative estimate of drug-likeness (QED) is 0.261. The highest BCUT2D eigenvalue weighted by atomic mass is 19.1. The topological polar surface area (TPSA) is 176 Å². The highest BCUT2D eigenvalue weighted by Gasteiger charge is 2.43. The number of hydrogen-bond donors (Lipinski definition) is 2. The fourth-order valence-corrected chi connectivity index (χ4v) is 7.84. The van der Waals surface area contributed by atoms with Crippen LogP contribution in [-0.2, 0) is 13.6 Å². The number of halogens is 1. The third-order valence-corrected chi connectivity index (χ3v) is 10.1. The number of nitriles is 1. The molecule has 2 saturated heterocycles. The number of carbonyl (C=O) groups is 1. The van der Waals surface area contributed by atoms with Crippen LogP contribution in [0.3, 0.4) is 0 Å². The number of rotatable bonds is 6. The van der Waals surface area contributed by atoms with Crippen LogP contribution in [-0.4, -0.2) is 74.8 Å². The predicted molar refractivity (Wildman–Crippen MR) is 181 cm³/mol. The first-order valence-corrected chi connectivity index (χ1v) is 16.0. The summed E-state index contributed by atoms with van der Waals surface area (Å²) in [6.07, 6.45) is 5.57. The van der Waals surface area contributed by atoms with Gasteiger partial charge in [-0.2, -0.15) is 5.26 Å². The smallest absolute Gasteiger partial charge is 0.477 e. The van der Waals surface area contributed by atoms with E-state index in [4.69, 9.17) is 13.8 Å². The zero-order valence-corrected chi connectivity index (χ0v) is 27.6. The van der Waals surface area contributed by atoms with Crippen molar-refractivity contribution in [1.82, 2.24) is 24.0 Å². The van der Waals surface area contributed by atoms with Crippen molar-refractivity contribution in [2.75, 3.05) is 43.9 Å². The summed E-state index contributed by atoms with van der Waals surface area (Å²) in [6, 6.07) is 5.02. The Morgan fingerprint density at radius 3 is 2.70 bits per heavy atom. The van der Waals surface area contributed by atoms with Crippen LogP contribution in [0.1, 0.15) is 33.9 Å². The Kier molecular flexibility index (Phi) is 7.05. The maximum absolute atomic E-state index is 15.8. The van der Waals surface area contributed by atoms with Gasteiger partial charge in [-0.05, 0) is 32.4 Å². The highest BCUT2D eigenvalue weighted by molar-refractivity contribution is 6.12. The SMILES string of the molecule is CNc1cc(F)c(C#N)c2c3c(N4CC[C@H]5CN(C)C[C@H]54)c(-c4cnc5c(c4)c(=O)c(C(=O)O)cn5C)cn(Cc4oc(=O)oc4C)c-3nc12. The van der Waals surface area contributed by atoms with Gasteiger partial charge in [0, 0.05) is 80.9 Å². The molecule has 3 aromatic heterocycles. The molecule has 0 bridgehead atoms. The first kappa shape index (κ1) is 31.3. The van der Waals surface area contributed by atoms with Crippen LogP contribution in [0.2, 0.25) is 0 Å². The van der Waals surface area contributed by atoms with Gasteiger partial charge < -0.3 is 38.2 Å². The van der Waals surface area contributed by atoms with Gasteiger partial charge in [0.2, 0.25) is 5.43 Å². The van der Waals surface area contributed by atoms with Crippen LogP contribution in [0.25, 0.3) is 44.5 Å². The number of carboxylic acid groups (broad SMARTS) is 1. The highest BCUT2D eigenvalue weighted by Crippen LogP contribution is 2.51. The molecule has 4 aromatic rings. The lowest BCUT2D eigenvalue weighted by molar-refractivity contribution is 0.0695. The molecule has 4 aliphatic heterocycles. The van der Waals surface area contributed by atoms with Crippen molar-refractivity contribution >= 4 is 39.3 Å². The maximum Gasteiger partial charge on any atom is 0.519 e. The molecule has 0 radical (unpaired) electrons. The van der Waals surface area contributed by atoms with Crippen LogP contribution in [0.4, 0.5) is 15.8 Å². The van der Waals surface area contributed by atoms with E-state index in [1.165, 1.54) is 16.8 Å². The molecule has 0 saturated carbocycles. The molecule has 7 heterocycles. The number of aryl methyl sites for hydroxylation is 2. The van der Waals surface area contributed by atoms with Crippen molar-refractivity contribution in [3.63, 3.8) is 0 Å². The summed E-state index contributed by atoms with van der Waals surface area (Å²) in [7, 11) is 5.33. The Labute approximate surface area is 282 Å². The molecule has 0 spiro atoms. The molecule has 50 heavy (non-hydrogen) atoms. The summed E-state index contributed by atoms with van der Waals surface area (Å²) in [5.41, 5.74) is 2.07. The second-order valence-electron chi connectivity index (χ2n) is 13.0. The molecule has 0 amide bonds. The van der Waals surface area contributed by atoms with E-state index >= 15 is 4.39 Å². The minimum Gasteiger partial charge on any atom is -0.477 e. The number of likely N-dealkylation sites (tertiary alicyclic amines) is 1. The van der Waals surface area contributed by atoms with Crippen molar-refractivity contribution in [1.29, 1.82) is 5.26 Å². The van der Waals surface area contributed by atoms with Gasteiger partial charge >= 0.3 is 11.8 Å². The number of hydrogen-bond acceptors (Lipinski definition) is 11. The number of fused-ring (bicyclic) bond motifs is 5. The van der Waals surface area contributed by atoms with Crippen LogP contribution in [0.15, 0.2) is 49.1 Å². The van der Waals surface area contributed by atoms with Crippen molar-refractivity contribution < 1.29 is 23.1 Å². The number of aromatic carboxylic acids is 1. The van der Waals surface area contributed by atoms with Crippen LogP contribution < -0.4 is 21.5 Å². The van der Waals surface area contributed by atoms with Crippen LogP contribution in [0, 0.1) is 30.0 Å². The van der Waals surface area contributed by atoms with E-state index in [1.807, 2.05) is 6.20 Å². The van der Waals surface area contributed by atoms with E-state index in [0.29, 0.717) is 62.9 Å². The third kappa shape index (κ3) is 4.59. The van der Waals surface area contributed by atoms with Gasteiger partial charge in [0.15, 0.2) is 5.76 Å². The predicted octanol–water partition coefficient (Wildman–Crippen LogP) is 3.85. The van der Waals surface area contributed by atoms with Crippen molar-refractivity contribution in [3.8, 4) is 28.6 Å². The summed E-state index contributed by atoms with van der Waals surface area (Å²) >= 11 is 0. The molecule has 0 unspecified atom stereocenters. The molecular weight excluding hydrogens is 647 g/mol. The third-order valence-electron chi connectivity index (χ3n) is 10.1. The zero-order chi connectivity index (χ0) is 35.2. The first-order chi connectivity index (χ1) is 24.0. The van der Waals surface area contributed by atoms with Crippen molar-refractivity contribution in [3.05, 3.63) is 80.0 Å². The van der Waals surface area contributed by atoms with E-state index in [1.54, 1.807) is 37.8 Å². The first-order valence-electron chi connectivity index (χ1n) is 16.0. The van der Waals surface area contributed by atoms with E-state index in [-0.39, 0.29) is 35.1 Å². The maximum atomic E-state index is 15.8. The molecule has 1 aromatic carbocycles. The number of nitrogens with zero attached hydrogens (tertiary/aromatic N) is 7. The van der Waals surface area contributed by atoms with E-state index in [0.717, 1.165) is 19.5 Å². The van der Waals surface area contributed by atoms with Crippen molar-refractivity contribution in [2.45, 2.75) is 25.9 Å². The molecule has 2 fully saturated rings. The molecule has 2 atom stereocenters.